The summed E-state index contributed by atoms with van der Waals surface area (Å²) in [6.45, 7) is 0. The van der Waals surface area contributed by atoms with Crippen molar-refractivity contribution >= 4 is 28.6 Å². The molecular formula is C15H9N3O5S. The maximum absolute atomic E-state index is 11.9. The Bertz CT molecular complexity index is 913. The fourth-order valence-electron chi connectivity index (χ4n) is 1.87. The quantitative estimate of drug-likeness (QED) is 0.423. The van der Waals surface area contributed by atoms with Crippen molar-refractivity contribution in [3.8, 4) is 16.6 Å². The lowest BCUT2D eigenvalue weighted by atomic mass is 10.2. The van der Waals surface area contributed by atoms with E-state index in [2.05, 4.69) is 10.2 Å². The molecule has 2 heterocycles. The first-order chi connectivity index (χ1) is 11.5. The van der Waals surface area contributed by atoms with Gasteiger partial charge in [-0.25, -0.2) is 0 Å². The van der Waals surface area contributed by atoms with Gasteiger partial charge >= 0.3 is 5.95 Å². The predicted octanol–water partition coefficient (Wildman–Crippen LogP) is 4.55. The number of amides is 1. The summed E-state index contributed by atoms with van der Waals surface area (Å²) >= 11 is 1.42. The molecule has 0 radical (unpaired) electrons. The molecule has 3 rings (SSSR count). The molecule has 0 atom stereocenters. The predicted molar refractivity (Wildman–Crippen MR) is 85.6 cm³/mol. The van der Waals surface area contributed by atoms with Crippen LogP contribution in [-0.2, 0) is 0 Å². The minimum Gasteiger partial charge on any atom is -0.479 e. The van der Waals surface area contributed by atoms with Crippen LogP contribution in [0.25, 0.3) is 10.6 Å². The number of aromatic hydroxyl groups is 1. The van der Waals surface area contributed by atoms with Crippen LogP contribution in [0.3, 0.4) is 0 Å². The zero-order valence-electron chi connectivity index (χ0n) is 11.9. The molecule has 24 heavy (non-hydrogen) atoms. The van der Waals surface area contributed by atoms with E-state index in [1.54, 1.807) is 0 Å². The Labute approximate surface area is 138 Å². The number of thiophene rings is 1. The first-order valence-corrected chi connectivity index (χ1v) is 7.50. The first-order valence-electron chi connectivity index (χ1n) is 6.62. The van der Waals surface area contributed by atoms with Crippen LogP contribution < -0.4 is 0 Å². The van der Waals surface area contributed by atoms with Gasteiger partial charge in [0.15, 0.2) is 11.4 Å². The van der Waals surface area contributed by atoms with E-state index in [4.69, 9.17) is 4.42 Å². The molecule has 8 nitrogen and oxygen atoms in total. The van der Waals surface area contributed by atoms with E-state index in [9.17, 15) is 20.0 Å². The molecule has 0 aliphatic rings. The summed E-state index contributed by atoms with van der Waals surface area (Å²) in [6.07, 6.45) is 0. The number of nitro groups is 1. The largest absolute Gasteiger partial charge is 0.479 e. The molecule has 120 valence electrons. The highest BCUT2D eigenvalue weighted by molar-refractivity contribution is 7.13. The van der Waals surface area contributed by atoms with E-state index in [1.165, 1.54) is 41.7 Å². The molecule has 0 bridgehead atoms. The molecule has 3 aromatic rings. The summed E-state index contributed by atoms with van der Waals surface area (Å²) in [5.74, 6) is -0.721. The number of carbonyl (C=O) groups is 1. The zero-order valence-corrected chi connectivity index (χ0v) is 12.8. The van der Waals surface area contributed by atoms with E-state index in [0.29, 0.717) is 5.76 Å². The van der Waals surface area contributed by atoms with Crippen LogP contribution in [0.15, 0.2) is 62.5 Å². The van der Waals surface area contributed by atoms with Crippen LogP contribution in [0.5, 0.6) is 5.95 Å². The number of hydrogen-bond donors (Lipinski definition) is 1. The van der Waals surface area contributed by atoms with Crippen molar-refractivity contribution in [3.05, 3.63) is 63.5 Å². The van der Waals surface area contributed by atoms with Crippen molar-refractivity contribution in [3.63, 3.8) is 0 Å². The van der Waals surface area contributed by atoms with Gasteiger partial charge in [-0.15, -0.1) is 21.6 Å². The van der Waals surface area contributed by atoms with Gasteiger partial charge < -0.3 is 9.52 Å². The van der Waals surface area contributed by atoms with Gasteiger partial charge in [0.05, 0.1) is 9.80 Å². The summed E-state index contributed by atoms with van der Waals surface area (Å²) in [7, 11) is 0. The molecule has 1 amide bonds. The number of rotatable bonds is 4. The number of carbonyl (C=O) groups excluding carboxylic acids is 1. The van der Waals surface area contributed by atoms with Crippen LogP contribution in [0.1, 0.15) is 10.4 Å². The second kappa shape index (κ2) is 6.42. The Kier molecular flexibility index (Phi) is 4.17. The van der Waals surface area contributed by atoms with Crippen molar-refractivity contribution in [2.24, 2.45) is 10.2 Å². The molecule has 0 aliphatic heterocycles. The fourth-order valence-corrected chi connectivity index (χ4v) is 2.54. The van der Waals surface area contributed by atoms with E-state index in [-0.39, 0.29) is 16.9 Å². The minimum atomic E-state index is -0.692. The molecule has 0 spiro atoms. The van der Waals surface area contributed by atoms with Crippen LogP contribution in [0.2, 0.25) is 0 Å². The van der Waals surface area contributed by atoms with Gasteiger partial charge in [0.2, 0.25) is 0 Å². The third-order valence-corrected chi connectivity index (χ3v) is 3.92. The Balaban J connectivity index is 1.78. The number of azo groups is 1. The molecule has 0 unspecified atom stereocenters. The van der Waals surface area contributed by atoms with Gasteiger partial charge in [-0.1, -0.05) is 6.07 Å². The Hall–Kier alpha value is -3.33. The highest BCUT2D eigenvalue weighted by Gasteiger charge is 2.13. The van der Waals surface area contributed by atoms with Gasteiger partial charge in [0.25, 0.3) is 11.6 Å². The van der Waals surface area contributed by atoms with Crippen LogP contribution >= 0.6 is 11.3 Å². The monoisotopic (exact) mass is 343 g/mol. The van der Waals surface area contributed by atoms with Gasteiger partial charge in [-0.3, -0.25) is 14.9 Å². The fraction of sp³-hybridized carbons (Fsp3) is 0. The zero-order chi connectivity index (χ0) is 17.1. The number of hydrogen-bond acceptors (Lipinski definition) is 7. The molecule has 0 saturated carbocycles. The summed E-state index contributed by atoms with van der Waals surface area (Å²) in [4.78, 5) is 22.7. The summed E-state index contributed by atoms with van der Waals surface area (Å²) < 4.78 is 5.17. The van der Waals surface area contributed by atoms with Crippen molar-refractivity contribution in [2.75, 3.05) is 0 Å². The SMILES string of the molecule is O=C(N=Nc1cc(-c2cccs2)oc1O)c1ccc([N+](=O)[O-])cc1. The average molecular weight is 343 g/mol. The smallest absolute Gasteiger partial charge is 0.311 e. The Morgan fingerprint density at radius 3 is 2.62 bits per heavy atom. The van der Waals surface area contributed by atoms with E-state index >= 15 is 0 Å². The third kappa shape index (κ3) is 3.20. The highest BCUT2D eigenvalue weighted by atomic mass is 32.1. The Morgan fingerprint density at radius 2 is 2.00 bits per heavy atom. The molecule has 1 N–H and O–H groups in total. The molecular weight excluding hydrogens is 334 g/mol. The summed E-state index contributed by atoms with van der Waals surface area (Å²) in [5.41, 5.74) is 0.0380. The van der Waals surface area contributed by atoms with Gasteiger partial charge in [-0.2, -0.15) is 0 Å². The number of non-ortho nitro benzene ring substituents is 1. The topological polar surface area (TPSA) is 118 Å². The molecule has 2 aromatic heterocycles. The standard InChI is InChI=1S/C15H9N3O5S/c19-14(9-3-5-10(6-4-9)18(21)22)17-16-11-8-12(23-15(11)20)13-2-1-7-24-13/h1-8,20H. The van der Waals surface area contributed by atoms with Crippen molar-refractivity contribution in [1.29, 1.82) is 0 Å². The number of nitrogens with zero attached hydrogens (tertiary/aromatic N) is 3. The molecule has 0 saturated heterocycles. The van der Waals surface area contributed by atoms with Gasteiger partial charge in [-0.05, 0) is 23.6 Å². The van der Waals surface area contributed by atoms with Crippen molar-refractivity contribution in [1.82, 2.24) is 0 Å². The molecule has 1 aromatic carbocycles. The number of nitro benzene ring substituents is 1. The molecule has 9 heteroatoms. The lowest BCUT2D eigenvalue weighted by Gasteiger charge is -1.94. The lowest BCUT2D eigenvalue weighted by molar-refractivity contribution is -0.384. The van der Waals surface area contributed by atoms with Crippen LogP contribution in [0.4, 0.5) is 11.4 Å². The second-order valence-corrected chi connectivity index (χ2v) is 5.54. The number of benzene rings is 1. The highest BCUT2D eigenvalue weighted by Crippen LogP contribution is 2.37. The Morgan fingerprint density at radius 1 is 1.25 bits per heavy atom. The minimum absolute atomic E-state index is 0.0219. The van der Waals surface area contributed by atoms with Crippen molar-refractivity contribution in [2.45, 2.75) is 0 Å². The van der Waals surface area contributed by atoms with Gasteiger partial charge in [0.1, 0.15) is 0 Å². The lowest BCUT2D eigenvalue weighted by Crippen LogP contribution is -1.94. The molecule has 0 aliphatic carbocycles. The average Bonchev–Trinajstić information content (AvgIpc) is 3.22. The van der Waals surface area contributed by atoms with E-state index in [0.717, 1.165) is 4.88 Å². The maximum atomic E-state index is 11.9. The third-order valence-electron chi connectivity index (χ3n) is 3.03. The summed E-state index contributed by atoms with van der Waals surface area (Å²) in [5, 5.41) is 29.3. The van der Waals surface area contributed by atoms with Gasteiger partial charge in [0, 0.05) is 23.8 Å². The maximum Gasteiger partial charge on any atom is 0.311 e. The van der Waals surface area contributed by atoms with Crippen LogP contribution in [0, 0.1) is 10.1 Å². The second-order valence-electron chi connectivity index (χ2n) is 4.59. The van der Waals surface area contributed by atoms with E-state index in [1.807, 2.05) is 17.5 Å². The van der Waals surface area contributed by atoms with Crippen LogP contribution in [-0.4, -0.2) is 15.9 Å². The summed E-state index contributed by atoms with van der Waals surface area (Å²) in [6, 6.07) is 10.1. The first kappa shape index (κ1) is 15.6. The van der Waals surface area contributed by atoms with Crippen molar-refractivity contribution < 1.29 is 19.2 Å². The molecule has 0 fully saturated rings. The van der Waals surface area contributed by atoms with E-state index < -0.39 is 16.8 Å². The normalized spacial score (nSPS) is 11.0. The number of furan rings is 1.